The molecule has 1 saturated heterocycles. The van der Waals surface area contributed by atoms with Gasteiger partial charge >= 0.3 is 0 Å². The van der Waals surface area contributed by atoms with E-state index in [1.807, 2.05) is 41.4 Å². The summed E-state index contributed by atoms with van der Waals surface area (Å²) in [4.78, 5) is 22.8. The molecule has 1 aliphatic heterocycles. The van der Waals surface area contributed by atoms with Crippen molar-refractivity contribution in [3.63, 3.8) is 0 Å². The summed E-state index contributed by atoms with van der Waals surface area (Å²) < 4.78 is 2.11. The molecule has 0 bridgehead atoms. The Hall–Kier alpha value is -2.83. The van der Waals surface area contributed by atoms with Gasteiger partial charge in [-0.15, -0.1) is 11.3 Å². The summed E-state index contributed by atoms with van der Waals surface area (Å²) in [5, 5.41) is 2.82. The van der Waals surface area contributed by atoms with E-state index in [4.69, 9.17) is 16.6 Å². The number of anilines is 1. The van der Waals surface area contributed by atoms with Gasteiger partial charge in [-0.25, -0.2) is 4.98 Å². The Balaban J connectivity index is 1.20. The molecule has 0 saturated carbocycles. The van der Waals surface area contributed by atoms with Crippen molar-refractivity contribution >= 4 is 39.5 Å². The first kappa shape index (κ1) is 20.1. The van der Waals surface area contributed by atoms with E-state index in [0.29, 0.717) is 17.9 Å². The van der Waals surface area contributed by atoms with Crippen molar-refractivity contribution in [1.82, 2.24) is 14.3 Å². The van der Waals surface area contributed by atoms with Gasteiger partial charge in [0.25, 0.3) is 0 Å². The van der Waals surface area contributed by atoms with Crippen LogP contribution in [0.25, 0.3) is 16.2 Å². The van der Waals surface area contributed by atoms with Gasteiger partial charge in [-0.05, 0) is 30.7 Å². The molecule has 2 aromatic heterocycles. The zero-order chi connectivity index (χ0) is 21.2. The van der Waals surface area contributed by atoms with Gasteiger partial charge in [0.2, 0.25) is 5.91 Å². The molecule has 31 heavy (non-hydrogen) atoms. The number of halogens is 1. The molecule has 158 valence electrons. The number of hydrogen-bond donors (Lipinski definition) is 0. The van der Waals surface area contributed by atoms with E-state index >= 15 is 0 Å². The van der Waals surface area contributed by atoms with Crippen LogP contribution in [0.2, 0.25) is 5.02 Å². The second kappa shape index (κ2) is 8.73. The molecule has 1 fully saturated rings. The monoisotopic (exact) mass is 450 g/mol. The van der Waals surface area contributed by atoms with Crippen LogP contribution >= 0.6 is 22.9 Å². The fourth-order valence-corrected chi connectivity index (χ4v) is 5.05. The van der Waals surface area contributed by atoms with Crippen molar-refractivity contribution in [3.05, 3.63) is 76.9 Å². The molecule has 7 heteroatoms. The molecule has 0 N–H and O–H groups in total. The number of carbonyl (C=O) groups is 1. The molecule has 0 aliphatic carbocycles. The fraction of sp³-hybridized carbons (Fsp3) is 0.250. The highest BCUT2D eigenvalue weighted by molar-refractivity contribution is 7.15. The van der Waals surface area contributed by atoms with Crippen LogP contribution in [0.4, 0.5) is 5.69 Å². The Morgan fingerprint density at radius 2 is 1.74 bits per heavy atom. The molecule has 0 spiro atoms. The van der Waals surface area contributed by atoms with Crippen molar-refractivity contribution in [1.29, 1.82) is 0 Å². The lowest BCUT2D eigenvalue weighted by atomic mass is 10.2. The second-order valence-electron chi connectivity index (χ2n) is 7.72. The lowest BCUT2D eigenvalue weighted by molar-refractivity contribution is -0.131. The summed E-state index contributed by atoms with van der Waals surface area (Å²) in [7, 11) is 0. The van der Waals surface area contributed by atoms with Gasteiger partial charge in [0.15, 0.2) is 4.96 Å². The highest BCUT2D eigenvalue weighted by atomic mass is 35.5. The van der Waals surface area contributed by atoms with Gasteiger partial charge < -0.3 is 9.80 Å². The number of nitrogens with zero attached hydrogens (tertiary/aromatic N) is 4. The minimum absolute atomic E-state index is 0.227. The average Bonchev–Trinajstić information content (AvgIpc) is 3.40. The predicted octanol–water partition coefficient (Wildman–Crippen LogP) is 5.00. The predicted molar refractivity (Wildman–Crippen MR) is 127 cm³/mol. The summed E-state index contributed by atoms with van der Waals surface area (Å²) in [6.45, 7) is 3.31. The first-order valence-electron chi connectivity index (χ1n) is 10.5. The van der Waals surface area contributed by atoms with Crippen molar-refractivity contribution in [2.45, 2.75) is 12.8 Å². The van der Waals surface area contributed by atoms with E-state index in [1.165, 1.54) is 5.69 Å². The van der Waals surface area contributed by atoms with E-state index in [0.717, 1.165) is 48.1 Å². The quantitative estimate of drug-likeness (QED) is 0.429. The maximum atomic E-state index is 12.8. The maximum absolute atomic E-state index is 12.8. The van der Waals surface area contributed by atoms with Crippen LogP contribution in [0.15, 0.2) is 66.2 Å². The molecule has 1 amide bonds. The molecular weight excluding hydrogens is 428 g/mol. The Morgan fingerprint density at radius 1 is 1.00 bits per heavy atom. The van der Waals surface area contributed by atoms with Crippen molar-refractivity contribution in [2.24, 2.45) is 0 Å². The summed E-state index contributed by atoms with van der Waals surface area (Å²) in [5.41, 5.74) is 4.32. The van der Waals surface area contributed by atoms with Crippen molar-refractivity contribution in [2.75, 3.05) is 31.1 Å². The molecule has 0 unspecified atom stereocenters. The summed E-state index contributed by atoms with van der Waals surface area (Å²) in [6, 6.07) is 18.1. The van der Waals surface area contributed by atoms with Crippen LogP contribution < -0.4 is 4.90 Å². The number of carbonyl (C=O) groups excluding carboxylic acids is 1. The van der Waals surface area contributed by atoms with E-state index in [-0.39, 0.29) is 5.91 Å². The molecule has 2 aromatic carbocycles. The number of aryl methyl sites for hydroxylation is 1. The van der Waals surface area contributed by atoms with Crippen molar-refractivity contribution < 1.29 is 4.79 Å². The zero-order valence-electron chi connectivity index (χ0n) is 17.1. The molecular formula is C24H23ClN4OS. The second-order valence-corrected chi connectivity index (χ2v) is 8.99. The first-order valence-corrected chi connectivity index (χ1v) is 11.7. The molecule has 0 radical (unpaired) electrons. The lowest BCUT2D eigenvalue weighted by Crippen LogP contribution is -2.48. The Bertz CT molecular complexity index is 1180. The highest BCUT2D eigenvalue weighted by Crippen LogP contribution is 2.25. The third-order valence-electron chi connectivity index (χ3n) is 5.77. The van der Waals surface area contributed by atoms with Crippen LogP contribution in [0.1, 0.15) is 12.1 Å². The van der Waals surface area contributed by atoms with Crippen LogP contribution in [0, 0.1) is 0 Å². The third kappa shape index (κ3) is 4.31. The molecule has 5 nitrogen and oxygen atoms in total. The number of piperazine rings is 1. The van der Waals surface area contributed by atoms with Gasteiger partial charge in [0.05, 0.1) is 5.69 Å². The van der Waals surface area contributed by atoms with Crippen LogP contribution in [0.3, 0.4) is 0 Å². The largest absolute Gasteiger partial charge is 0.368 e. The molecule has 4 aromatic rings. The maximum Gasteiger partial charge on any atom is 0.223 e. The first-order chi connectivity index (χ1) is 15.2. The van der Waals surface area contributed by atoms with E-state index in [9.17, 15) is 4.79 Å². The lowest BCUT2D eigenvalue weighted by Gasteiger charge is -2.36. The smallest absolute Gasteiger partial charge is 0.223 e. The van der Waals surface area contributed by atoms with E-state index in [2.05, 4.69) is 38.9 Å². The number of para-hydroxylation sites is 1. The Morgan fingerprint density at radius 3 is 2.48 bits per heavy atom. The van der Waals surface area contributed by atoms with Crippen LogP contribution in [-0.4, -0.2) is 46.4 Å². The Labute approximate surface area is 190 Å². The van der Waals surface area contributed by atoms with Crippen LogP contribution in [0.5, 0.6) is 0 Å². The molecule has 1 aliphatic rings. The number of benzene rings is 2. The number of fused-ring (bicyclic) bond motifs is 1. The number of hydrogen-bond acceptors (Lipinski definition) is 4. The zero-order valence-corrected chi connectivity index (χ0v) is 18.6. The van der Waals surface area contributed by atoms with Gasteiger partial charge in [-0.3, -0.25) is 9.20 Å². The van der Waals surface area contributed by atoms with Gasteiger partial charge in [0.1, 0.15) is 0 Å². The summed E-state index contributed by atoms with van der Waals surface area (Å²) in [5.74, 6) is 0.227. The standard InChI is InChI=1S/C24H23ClN4OS/c25-19-8-6-18(7-9-19)22-16-29-21(17-31-24(29)26-22)10-11-23(30)28-14-12-27(13-15-28)20-4-2-1-3-5-20/h1-9,16-17H,10-15H2. The van der Waals surface area contributed by atoms with Gasteiger partial charge in [-0.2, -0.15) is 0 Å². The normalized spacial score (nSPS) is 14.4. The Kier molecular flexibility index (Phi) is 5.66. The minimum atomic E-state index is 0.227. The summed E-state index contributed by atoms with van der Waals surface area (Å²) in [6.07, 6.45) is 3.29. The number of imidazole rings is 1. The third-order valence-corrected chi connectivity index (χ3v) is 6.91. The highest BCUT2D eigenvalue weighted by Gasteiger charge is 2.21. The molecule has 3 heterocycles. The fourth-order valence-electron chi connectivity index (χ4n) is 4.01. The van der Waals surface area contributed by atoms with Gasteiger partial charge in [-0.1, -0.05) is 41.9 Å². The number of amides is 1. The number of thiazole rings is 1. The summed E-state index contributed by atoms with van der Waals surface area (Å²) >= 11 is 7.61. The number of aromatic nitrogens is 2. The van der Waals surface area contributed by atoms with Gasteiger partial charge in [0, 0.05) is 66.1 Å². The molecule has 5 rings (SSSR count). The average molecular weight is 451 g/mol. The van der Waals surface area contributed by atoms with Crippen LogP contribution in [-0.2, 0) is 11.2 Å². The molecule has 0 atom stereocenters. The minimum Gasteiger partial charge on any atom is -0.368 e. The SMILES string of the molecule is O=C(CCc1csc2nc(-c3ccc(Cl)cc3)cn12)N1CCN(c2ccccc2)CC1. The van der Waals surface area contributed by atoms with Crippen molar-refractivity contribution in [3.8, 4) is 11.3 Å². The number of rotatable bonds is 5. The van der Waals surface area contributed by atoms with E-state index in [1.54, 1.807) is 11.3 Å². The van der Waals surface area contributed by atoms with E-state index < -0.39 is 0 Å². The topological polar surface area (TPSA) is 40.9 Å².